The van der Waals surface area contributed by atoms with Gasteiger partial charge in [-0.15, -0.1) is 5.10 Å². The van der Waals surface area contributed by atoms with Crippen molar-refractivity contribution in [3.05, 3.63) is 22.2 Å². The Bertz CT molecular complexity index is 1040. The first-order chi connectivity index (χ1) is 17.2. The van der Waals surface area contributed by atoms with Gasteiger partial charge in [0, 0.05) is 24.9 Å². The average Bonchev–Trinajstić information content (AvgIpc) is 3.47. The number of allylic oxidation sites excluding steroid dienone is 2. The van der Waals surface area contributed by atoms with Gasteiger partial charge in [0.15, 0.2) is 0 Å². The van der Waals surface area contributed by atoms with E-state index in [1.165, 1.54) is 42.7 Å². The summed E-state index contributed by atoms with van der Waals surface area (Å²) in [6.07, 6.45) is 12.2. The van der Waals surface area contributed by atoms with Crippen LogP contribution in [0.2, 0.25) is 0 Å². The average molecular weight is 512 g/mol. The Morgan fingerprint density at radius 2 is 1.94 bits per heavy atom. The zero-order valence-corrected chi connectivity index (χ0v) is 23.8. The third kappa shape index (κ3) is 3.67. The molecule has 2 heterocycles. The second kappa shape index (κ2) is 8.90. The Morgan fingerprint density at radius 1 is 1.17 bits per heavy atom. The standard InChI is InChI=1S/C30H45N3O2S/c1-19(6-11-26(34)33-14-16-35-17-15-33)21-8-9-22-20-7-10-25-28(2,3)27-24(36-32-31-27)18-30(25,5)23(20)12-13-29(21,22)4/h10,19-23H,6-9,11-18H2,1-5H3/t19-,20+,21-,22+,23+,29-,30-/m1/s1. The Hall–Kier alpha value is -1.27. The maximum absolute atomic E-state index is 12.8. The summed E-state index contributed by atoms with van der Waals surface area (Å²) < 4.78 is 9.81. The van der Waals surface area contributed by atoms with E-state index < -0.39 is 0 Å². The number of fused-ring (bicyclic) bond motifs is 6. The zero-order valence-electron chi connectivity index (χ0n) is 23.0. The summed E-state index contributed by atoms with van der Waals surface area (Å²) in [5.41, 5.74) is 3.54. The summed E-state index contributed by atoms with van der Waals surface area (Å²) in [4.78, 5) is 16.3. The van der Waals surface area contributed by atoms with Crippen molar-refractivity contribution in [1.82, 2.24) is 14.5 Å². The molecular formula is C30H45N3O2S. The van der Waals surface area contributed by atoms with Crippen molar-refractivity contribution in [2.24, 2.45) is 40.4 Å². The van der Waals surface area contributed by atoms with E-state index in [4.69, 9.17) is 4.74 Å². The molecule has 5 aliphatic rings. The van der Waals surface area contributed by atoms with E-state index >= 15 is 0 Å². The van der Waals surface area contributed by atoms with Crippen molar-refractivity contribution in [3.8, 4) is 0 Å². The van der Waals surface area contributed by atoms with Crippen LogP contribution in [-0.4, -0.2) is 46.7 Å². The predicted molar refractivity (Wildman–Crippen MR) is 144 cm³/mol. The smallest absolute Gasteiger partial charge is 0.222 e. The molecule has 0 aromatic carbocycles. The van der Waals surface area contributed by atoms with Crippen LogP contribution in [-0.2, 0) is 21.4 Å². The first-order valence-corrected chi connectivity index (χ1v) is 15.3. The van der Waals surface area contributed by atoms with E-state index in [2.05, 4.69) is 50.3 Å². The molecule has 1 saturated heterocycles. The number of hydrogen-bond donors (Lipinski definition) is 0. The lowest BCUT2D eigenvalue weighted by molar-refractivity contribution is -0.135. The maximum Gasteiger partial charge on any atom is 0.222 e. The van der Waals surface area contributed by atoms with Gasteiger partial charge in [0.25, 0.3) is 0 Å². The fourth-order valence-corrected chi connectivity index (χ4v) is 11.0. The minimum Gasteiger partial charge on any atom is -0.378 e. The van der Waals surface area contributed by atoms with Crippen molar-refractivity contribution < 1.29 is 9.53 Å². The number of nitrogens with zero attached hydrogens (tertiary/aromatic N) is 3. The first-order valence-electron chi connectivity index (χ1n) is 14.5. The number of aromatic nitrogens is 2. The number of amides is 1. The minimum absolute atomic E-state index is 0.000792. The fraction of sp³-hybridized carbons (Fsp3) is 0.833. The summed E-state index contributed by atoms with van der Waals surface area (Å²) in [6, 6.07) is 0. The van der Waals surface area contributed by atoms with Crippen LogP contribution in [0.4, 0.5) is 0 Å². The van der Waals surface area contributed by atoms with E-state index in [-0.39, 0.29) is 10.8 Å². The molecule has 6 heteroatoms. The Balaban J connectivity index is 1.18. The Kier molecular flexibility index (Phi) is 6.19. The van der Waals surface area contributed by atoms with Crippen LogP contribution < -0.4 is 0 Å². The Labute approximate surface area is 221 Å². The zero-order chi connectivity index (χ0) is 25.3. The monoisotopic (exact) mass is 511 g/mol. The molecule has 1 aliphatic heterocycles. The van der Waals surface area contributed by atoms with E-state index in [1.807, 2.05) is 4.90 Å². The molecule has 7 atom stereocenters. The van der Waals surface area contributed by atoms with E-state index in [0.717, 1.165) is 49.6 Å². The van der Waals surface area contributed by atoms with Gasteiger partial charge >= 0.3 is 0 Å². The predicted octanol–water partition coefficient (Wildman–Crippen LogP) is 6.04. The SMILES string of the molecule is C[C@H](CCC(=O)N1CCOCC1)[C@H]1CC[C@H]2[C@@H]3CC=C4C(C)(C)c5nnsc5C[C@]4(C)[C@H]3CC[C@]12C. The molecule has 1 aromatic heterocycles. The largest absolute Gasteiger partial charge is 0.378 e. The molecule has 1 aromatic rings. The van der Waals surface area contributed by atoms with Crippen molar-refractivity contribution in [2.45, 2.75) is 91.4 Å². The lowest BCUT2D eigenvalue weighted by Crippen LogP contribution is -2.53. The van der Waals surface area contributed by atoms with Crippen LogP contribution in [0, 0.1) is 40.4 Å². The van der Waals surface area contributed by atoms with Crippen LogP contribution in [0.3, 0.4) is 0 Å². The normalized spacial score (nSPS) is 39.9. The summed E-state index contributed by atoms with van der Waals surface area (Å²) in [6.45, 7) is 15.3. The number of carbonyl (C=O) groups is 1. The molecule has 198 valence electrons. The van der Waals surface area contributed by atoms with Crippen molar-refractivity contribution in [3.63, 3.8) is 0 Å². The molecular weight excluding hydrogens is 466 g/mol. The molecule has 4 aliphatic carbocycles. The molecule has 1 amide bonds. The molecule has 0 unspecified atom stereocenters. The summed E-state index contributed by atoms with van der Waals surface area (Å²) >= 11 is 1.64. The number of hydrogen-bond acceptors (Lipinski definition) is 5. The molecule has 0 spiro atoms. The van der Waals surface area contributed by atoms with Crippen molar-refractivity contribution in [1.29, 1.82) is 0 Å². The fourth-order valence-electron chi connectivity index (χ4n) is 10.0. The molecule has 0 N–H and O–H groups in total. The molecule has 5 nitrogen and oxygen atoms in total. The van der Waals surface area contributed by atoms with E-state index in [9.17, 15) is 4.79 Å². The van der Waals surface area contributed by atoms with Gasteiger partial charge in [0.1, 0.15) is 0 Å². The number of morpholine rings is 1. The number of carbonyl (C=O) groups excluding carboxylic acids is 1. The van der Waals surface area contributed by atoms with Crippen LogP contribution in [0.15, 0.2) is 11.6 Å². The lowest BCUT2D eigenvalue weighted by atomic mass is 9.45. The van der Waals surface area contributed by atoms with Gasteiger partial charge in [0.2, 0.25) is 5.91 Å². The molecule has 0 radical (unpaired) electrons. The van der Waals surface area contributed by atoms with Crippen LogP contribution >= 0.6 is 11.5 Å². The second-order valence-electron chi connectivity index (χ2n) is 13.7. The highest BCUT2D eigenvalue weighted by atomic mass is 32.1. The third-order valence-electron chi connectivity index (χ3n) is 11.8. The van der Waals surface area contributed by atoms with Crippen molar-refractivity contribution in [2.75, 3.05) is 26.3 Å². The number of rotatable bonds is 4. The van der Waals surface area contributed by atoms with Gasteiger partial charge < -0.3 is 9.64 Å². The third-order valence-corrected chi connectivity index (χ3v) is 12.5. The molecule has 3 fully saturated rings. The van der Waals surface area contributed by atoms with Crippen LogP contribution in [0.25, 0.3) is 0 Å². The molecule has 6 rings (SSSR count). The van der Waals surface area contributed by atoms with Crippen LogP contribution in [0.5, 0.6) is 0 Å². The second-order valence-corrected chi connectivity index (χ2v) is 14.6. The lowest BCUT2D eigenvalue weighted by Gasteiger charge is -2.60. The van der Waals surface area contributed by atoms with Gasteiger partial charge in [-0.05, 0) is 96.9 Å². The highest BCUT2D eigenvalue weighted by molar-refractivity contribution is 7.05. The van der Waals surface area contributed by atoms with Crippen LogP contribution in [0.1, 0.15) is 90.1 Å². The van der Waals surface area contributed by atoms with Gasteiger partial charge in [-0.25, -0.2) is 0 Å². The van der Waals surface area contributed by atoms with E-state index in [1.54, 1.807) is 17.1 Å². The first kappa shape index (κ1) is 25.0. The van der Waals surface area contributed by atoms with Crippen molar-refractivity contribution >= 4 is 17.4 Å². The van der Waals surface area contributed by atoms with E-state index in [0.29, 0.717) is 36.9 Å². The highest BCUT2D eigenvalue weighted by Crippen LogP contribution is 2.68. The molecule has 0 bridgehead atoms. The van der Waals surface area contributed by atoms with Gasteiger partial charge in [-0.3, -0.25) is 4.79 Å². The quantitative estimate of drug-likeness (QED) is 0.462. The van der Waals surface area contributed by atoms with Gasteiger partial charge in [-0.1, -0.05) is 50.8 Å². The molecule has 2 saturated carbocycles. The minimum atomic E-state index is 0.000792. The number of ether oxygens (including phenoxy) is 1. The Morgan fingerprint density at radius 3 is 2.72 bits per heavy atom. The summed E-state index contributed by atoms with van der Waals surface area (Å²) in [5.74, 6) is 4.08. The van der Waals surface area contributed by atoms with Gasteiger partial charge in [0.05, 0.1) is 23.8 Å². The maximum atomic E-state index is 12.8. The topological polar surface area (TPSA) is 55.3 Å². The highest BCUT2D eigenvalue weighted by Gasteiger charge is 2.61. The summed E-state index contributed by atoms with van der Waals surface area (Å²) in [7, 11) is 0. The molecule has 36 heavy (non-hydrogen) atoms. The summed E-state index contributed by atoms with van der Waals surface area (Å²) in [5, 5.41) is 4.58. The van der Waals surface area contributed by atoms with Gasteiger partial charge in [-0.2, -0.15) is 0 Å².